The molecule has 658 valence electrons. The zero-order chi connectivity index (χ0) is 87.7. The van der Waals surface area contributed by atoms with Crippen LogP contribution in [0.3, 0.4) is 0 Å². The number of rotatable bonds is 42. The molecule has 5 fully saturated rings. The fourth-order valence-corrected chi connectivity index (χ4v) is 16.1. The van der Waals surface area contributed by atoms with Crippen LogP contribution >= 0.6 is 0 Å². The number of likely N-dealkylation sites (tertiary alicyclic amines) is 4. The standard InChI is InChI=1S/C82H117N21O18/c1-7-46(5)66(98-71(110)56(37-49-26-28-52(104)29-27-49)95-75(114)65(45(3)4)97-68(107)53(20-12-31-88-82(83)84)91-70(109)58(40-64(105)106)94-74(113)60-22-14-32-100(60)77(116)54-21-13-30-87-54)76(115)96-59(39-51-42-86-44-90-51)78(117)101-33-15-23-61(101)73(112)93-55(36-48-18-10-9-11-19-48)69(108)92-57(38-50-41-85-43-89-50)72(111)99-67(47(6)8-2)80(119)102-34-16-24-62(102)79(118)103-35-17-25-63(103)81(120)121/h9-11,18-19,26-29,41-47,53-63,65-67,87,104H,7-8,12-17,20-25,30-40H2,1-6H3,(H,85,89)(H,86,90)(H,91,109)(H,92,108)(H,93,112)(H,94,113)(H,95,114)(H,96,115)(H,97,107)(H,98,110)(H,99,111)(H,105,106)(H,120,121)(H4,83,84,88). The molecule has 19 N–H and O–H groups in total. The van der Waals surface area contributed by atoms with Crippen molar-refractivity contribution in [3.05, 3.63) is 102 Å². The van der Waals surface area contributed by atoms with E-state index in [1.165, 1.54) is 68.9 Å². The summed E-state index contributed by atoms with van der Waals surface area (Å²) in [6.07, 6.45) is 8.44. The first-order valence-corrected chi connectivity index (χ1v) is 41.8. The first-order valence-electron chi connectivity index (χ1n) is 41.8. The van der Waals surface area contributed by atoms with Gasteiger partial charge in [-0.2, -0.15) is 0 Å². The second-order valence-electron chi connectivity index (χ2n) is 32.3. The van der Waals surface area contributed by atoms with E-state index < -0.39 is 198 Å². The van der Waals surface area contributed by atoms with Crippen molar-refractivity contribution in [3.63, 3.8) is 0 Å². The number of nitrogens with one attached hydrogen (secondary N) is 14. The molecule has 16 atom stereocenters. The van der Waals surface area contributed by atoms with Gasteiger partial charge in [-0.25, -0.2) is 14.8 Å². The van der Waals surface area contributed by atoms with Crippen LogP contribution < -0.4 is 64.2 Å². The van der Waals surface area contributed by atoms with E-state index in [9.17, 15) is 63.3 Å². The van der Waals surface area contributed by atoms with Crippen LogP contribution in [-0.2, 0) is 97.6 Å². The zero-order valence-electron chi connectivity index (χ0n) is 69.2. The van der Waals surface area contributed by atoms with Crippen molar-refractivity contribution in [2.24, 2.45) is 23.5 Å². The Labute approximate surface area is 701 Å². The van der Waals surface area contributed by atoms with Crippen LogP contribution in [0.2, 0.25) is 0 Å². The molecule has 5 aliphatic heterocycles. The number of hydrogen-bond donors (Lipinski definition) is 18. The van der Waals surface area contributed by atoms with E-state index in [1.807, 2.05) is 6.92 Å². The molecule has 0 aliphatic carbocycles. The number of aromatic nitrogens is 4. The van der Waals surface area contributed by atoms with Crippen molar-refractivity contribution in [1.82, 2.24) is 98.0 Å². The van der Waals surface area contributed by atoms with Gasteiger partial charge in [0.25, 0.3) is 0 Å². The molecule has 121 heavy (non-hydrogen) atoms. The molecule has 4 aromatic rings. The van der Waals surface area contributed by atoms with Crippen LogP contribution in [0.4, 0.5) is 0 Å². The van der Waals surface area contributed by atoms with Gasteiger partial charge in [-0.1, -0.05) is 96.8 Å². The van der Waals surface area contributed by atoms with E-state index in [4.69, 9.17) is 11.1 Å². The summed E-state index contributed by atoms with van der Waals surface area (Å²) in [6.45, 7) is 11.5. The highest BCUT2D eigenvalue weighted by atomic mass is 16.4. The predicted molar refractivity (Wildman–Crippen MR) is 437 cm³/mol. The van der Waals surface area contributed by atoms with Crippen molar-refractivity contribution in [2.75, 3.05) is 39.3 Å². The Morgan fingerprint density at radius 3 is 1.50 bits per heavy atom. The van der Waals surface area contributed by atoms with E-state index in [1.54, 1.807) is 65.0 Å². The summed E-state index contributed by atoms with van der Waals surface area (Å²) in [5.74, 6) is -15.1. The average molecular weight is 1680 g/mol. The predicted octanol–water partition coefficient (Wildman–Crippen LogP) is -1.24. The van der Waals surface area contributed by atoms with Gasteiger partial charge in [0.05, 0.1) is 36.5 Å². The molecule has 7 heterocycles. The number of carbonyl (C=O) groups excluding carboxylic acids is 13. The quantitative estimate of drug-likeness (QED) is 0.0140. The van der Waals surface area contributed by atoms with Gasteiger partial charge >= 0.3 is 11.9 Å². The summed E-state index contributed by atoms with van der Waals surface area (Å²) in [5.41, 5.74) is 7.20. The number of imidazole rings is 2. The number of aliphatic carboxylic acids is 2. The molecule has 9 rings (SSSR count). The van der Waals surface area contributed by atoms with Gasteiger partial charge in [0.1, 0.15) is 84.3 Å². The minimum Gasteiger partial charge on any atom is -0.508 e. The highest BCUT2D eigenvalue weighted by Gasteiger charge is 2.47. The maximum Gasteiger partial charge on any atom is 0.326 e. The Kier molecular flexibility index (Phi) is 34.0. The number of benzene rings is 2. The Hall–Kier alpha value is -12.1. The number of hydrogen-bond acceptors (Lipinski definition) is 20. The normalized spacial score (nSPS) is 20.3. The lowest BCUT2D eigenvalue weighted by molar-refractivity contribution is -0.152. The first kappa shape index (κ1) is 92.8. The van der Waals surface area contributed by atoms with E-state index >= 15 is 24.0 Å². The van der Waals surface area contributed by atoms with Gasteiger partial charge in [-0.05, 0) is 125 Å². The van der Waals surface area contributed by atoms with Gasteiger partial charge in [0.15, 0.2) is 5.96 Å². The van der Waals surface area contributed by atoms with Crippen LogP contribution in [0.15, 0.2) is 79.6 Å². The van der Waals surface area contributed by atoms with Crippen molar-refractivity contribution in [3.8, 4) is 5.75 Å². The summed E-state index contributed by atoms with van der Waals surface area (Å²) in [5, 5.41) is 68.3. The summed E-state index contributed by atoms with van der Waals surface area (Å²) in [4.78, 5) is 235. The number of carbonyl (C=O) groups is 15. The lowest BCUT2D eigenvalue weighted by Gasteiger charge is -2.34. The number of H-pyrrole nitrogens is 2. The minimum absolute atomic E-state index is 0.000623. The number of aromatic hydroxyl groups is 1. The summed E-state index contributed by atoms with van der Waals surface area (Å²) in [6, 6.07) is -3.69. The van der Waals surface area contributed by atoms with Gasteiger partial charge in [0.2, 0.25) is 76.8 Å². The third-order valence-corrected chi connectivity index (χ3v) is 23.2. The smallest absolute Gasteiger partial charge is 0.326 e. The molecule has 0 spiro atoms. The lowest BCUT2D eigenvalue weighted by Crippen LogP contribution is -2.62. The topological polar surface area (TPSA) is 569 Å². The maximum atomic E-state index is 15.4. The number of phenols is 1. The summed E-state index contributed by atoms with van der Waals surface area (Å²) >= 11 is 0. The number of phenolic OH excluding ortho intramolecular Hbond substituents is 1. The number of carboxylic acid groups (broad SMARTS) is 2. The second kappa shape index (κ2) is 44.3. The molecule has 39 heteroatoms. The van der Waals surface area contributed by atoms with E-state index in [2.05, 4.69) is 78.4 Å². The molecule has 0 bridgehead atoms. The molecule has 0 saturated carbocycles. The van der Waals surface area contributed by atoms with E-state index in [0.717, 1.165) is 6.42 Å². The number of nitrogens with two attached hydrogens (primary N) is 1. The highest BCUT2D eigenvalue weighted by Crippen LogP contribution is 2.29. The zero-order valence-corrected chi connectivity index (χ0v) is 69.2. The van der Waals surface area contributed by atoms with Crippen molar-refractivity contribution in [1.29, 1.82) is 5.41 Å². The van der Waals surface area contributed by atoms with Gasteiger partial charge in [0, 0.05) is 70.8 Å². The summed E-state index contributed by atoms with van der Waals surface area (Å²) in [7, 11) is 0. The Morgan fingerprint density at radius 2 is 0.942 bits per heavy atom. The lowest BCUT2D eigenvalue weighted by atomic mass is 9.96. The molecule has 5 saturated heterocycles. The Bertz CT molecular complexity index is 4280. The first-order chi connectivity index (χ1) is 57.8. The molecule has 2 aromatic carbocycles. The van der Waals surface area contributed by atoms with Gasteiger partial charge < -0.3 is 109 Å². The molecule has 13 amide bonds. The number of carboxylic acids is 2. The molecule has 39 nitrogen and oxygen atoms in total. The molecule has 16 unspecified atom stereocenters. The maximum absolute atomic E-state index is 15.4. The second-order valence-corrected chi connectivity index (χ2v) is 32.3. The third kappa shape index (κ3) is 25.5. The Morgan fingerprint density at radius 1 is 0.488 bits per heavy atom. The average Bonchev–Trinajstić information content (AvgIpc) is 1.72. The molecule has 5 aliphatic rings. The number of aromatic amines is 2. The highest BCUT2D eigenvalue weighted by molar-refractivity contribution is 6.01. The van der Waals surface area contributed by atoms with Crippen LogP contribution in [0.1, 0.15) is 160 Å². The van der Waals surface area contributed by atoms with Gasteiger partial charge in [-0.3, -0.25) is 72.5 Å². The number of guanidine groups is 1. The SMILES string of the molecule is CCC(C)C(NC(=O)C(Cc1ccc(O)cc1)NC(=O)C(NC(=O)C(CCCNC(=N)N)NC(=O)C(CC(=O)O)NC(=O)C1CCCN1C(=O)C1CCCN1)C(C)C)C(=O)NC(Cc1c[nH]cn1)C(=O)N1CCCC1C(=O)NC(Cc1ccccc1)C(=O)NC(Cc1c[nH]cn1)C(=O)NC(C(=O)N1CCCC1C(=O)N1CCCC1C(=O)O)C(C)CC. The van der Waals surface area contributed by atoms with E-state index in [0.29, 0.717) is 61.2 Å². The van der Waals surface area contributed by atoms with E-state index in [-0.39, 0.29) is 121 Å². The van der Waals surface area contributed by atoms with Crippen LogP contribution in [-0.4, -0.2) is 273 Å². The van der Waals surface area contributed by atoms with Crippen molar-refractivity contribution >= 4 is 94.7 Å². The van der Waals surface area contributed by atoms with Crippen molar-refractivity contribution < 1.29 is 87.2 Å². The Balaban J connectivity index is 0.913. The monoisotopic (exact) mass is 1680 g/mol. The molecule has 2 aromatic heterocycles. The van der Waals surface area contributed by atoms with Crippen molar-refractivity contribution in [2.45, 2.75) is 248 Å². The number of nitrogens with zero attached hydrogens (tertiary/aromatic N) is 6. The molecular weight excluding hydrogens is 1570 g/mol. The fourth-order valence-electron chi connectivity index (χ4n) is 16.1. The summed E-state index contributed by atoms with van der Waals surface area (Å²) < 4.78 is 0. The third-order valence-electron chi connectivity index (χ3n) is 23.2. The van der Waals surface area contributed by atoms with Crippen LogP contribution in [0.25, 0.3) is 0 Å². The minimum atomic E-state index is -1.75. The number of amides is 13. The van der Waals surface area contributed by atoms with Gasteiger partial charge in [-0.15, -0.1) is 0 Å². The molecular formula is C82H117N21O18. The largest absolute Gasteiger partial charge is 0.508 e. The van der Waals surface area contributed by atoms with Crippen LogP contribution in [0.5, 0.6) is 5.75 Å². The fraction of sp³-hybridized carbons (Fsp3) is 0.585. The van der Waals surface area contributed by atoms with Crippen LogP contribution in [0, 0.1) is 23.2 Å². The molecule has 0 radical (unpaired) electrons.